The van der Waals surface area contributed by atoms with E-state index in [0.717, 1.165) is 24.3 Å². The van der Waals surface area contributed by atoms with Gasteiger partial charge < -0.3 is 9.64 Å². The second kappa shape index (κ2) is 8.06. The minimum absolute atomic E-state index is 0.0153. The first kappa shape index (κ1) is 18.6. The highest BCUT2D eigenvalue weighted by Crippen LogP contribution is 2.34. The molecule has 142 valence electrons. The molecule has 1 aromatic carbocycles. The zero-order chi connectivity index (χ0) is 18.8. The number of carbonyl (C=O) groups is 1. The molecule has 1 saturated heterocycles. The lowest BCUT2D eigenvalue weighted by atomic mass is 10.1. The van der Waals surface area contributed by atoms with Crippen molar-refractivity contribution in [3.05, 3.63) is 56.8 Å². The van der Waals surface area contributed by atoms with Crippen LogP contribution < -0.4 is 0 Å². The van der Waals surface area contributed by atoms with Crippen molar-refractivity contribution in [2.24, 2.45) is 0 Å². The number of hydrogen-bond acceptors (Lipinski definition) is 5. The summed E-state index contributed by atoms with van der Waals surface area (Å²) in [5, 5.41) is 2.61. The fourth-order valence-electron chi connectivity index (χ4n) is 3.50. The van der Waals surface area contributed by atoms with Gasteiger partial charge in [-0.2, -0.15) is 0 Å². The first-order valence-electron chi connectivity index (χ1n) is 8.90. The van der Waals surface area contributed by atoms with E-state index in [-0.39, 0.29) is 18.3 Å². The lowest BCUT2D eigenvalue weighted by Crippen LogP contribution is -2.48. The Morgan fingerprint density at radius 1 is 1.19 bits per heavy atom. The maximum absolute atomic E-state index is 14.3. The molecule has 27 heavy (non-hydrogen) atoms. The normalized spacial score (nSPS) is 15.6. The van der Waals surface area contributed by atoms with Crippen LogP contribution >= 0.6 is 22.7 Å². The number of carbonyl (C=O) groups excluding carboxylic acids is 1. The molecule has 0 unspecified atom stereocenters. The number of ether oxygens (including phenoxy) is 1. The molecule has 0 radical (unpaired) electrons. The van der Waals surface area contributed by atoms with Gasteiger partial charge in [-0.15, -0.1) is 22.7 Å². The van der Waals surface area contributed by atoms with Crippen LogP contribution in [0, 0.1) is 5.82 Å². The maximum atomic E-state index is 14.3. The van der Waals surface area contributed by atoms with Crippen LogP contribution in [0.2, 0.25) is 0 Å². The van der Waals surface area contributed by atoms with E-state index in [4.69, 9.17) is 4.74 Å². The number of amides is 1. The molecule has 0 atom stereocenters. The zero-order valence-electron chi connectivity index (χ0n) is 15.1. The third-order valence-corrected chi connectivity index (χ3v) is 6.91. The first-order chi connectivity index (χ1) is 13.2. The Labute approximate surface area is 165 Å². The Balaban J connectivity index is 1.51. The number of hydrogen-bond donors (Lipinski definition) is 0. The molecular formula is C20H21FN2O2S2. The number of rotatable bonds is 5. The molecule has 3 aromatic rings. The van der Waals surface area contributed by atoms with Crippen molar-refractivity contribution < 1.29 is 13.9 Å². The second-order valence-electron chi connectivity index (χ2n) is 6.60. The van der Waals surface area contributed by atoms with Crippen molar-refractivity contribution >= 4 is 38.7 Å². The van der Waals surface area contributed by atoms with Crippen LogP contribution in [-0.4, -0.2) is 49.0 Å². The smallest absolute Gasteiger partial charge is 0.264 e. The third-order valence-electron chi connectivity index (χ3n) is 4.87. The summed E-state index contributed by atoms with van der Waals surface area (Å²) >= 11 is 3.12. The molecule has 1 fully saturated rings. The number of nitrogens with zero attached hydrogens (tertiary/aromatic N) is 2. The van der Waals surface area contributed by atoms with Crippen LogP contribution in [0.1, 0.15) is 20.1 Å². The van der Waals surface area contributed by atoms with Gasteiger partial charge in [0.25, 0.3) is 5.91 Å². The van der Waals surface area contributed by atoms with Crippen LogP contribution in [0.15, 0.2) is 35.7 Å². The standard InChI is InChI=1S/C20H21FN2O2S2/c1-25-13-15-18-16(21)5-2-6-17(18)27-19(15)20(24)23-9-7-22(8-10-23)12-14-4-3-11-26-14/h2-6,11H,7-10,12-13H2,1H3. The van der Waals surface area contributed by atoms with Gasteiger partial charge in [-0.3, -0.25) is 9.69 Å². The summed E-state index contributed by atoms with van der Waals surface area (Å²) < 4.78 is 20.4. The van der Waals surface area contributed by atoms with Gasteiger partial charge in [0.2, 0.25) is 0 Å². The van der Waals surface area contributed by atoms with Gasteiger partial charge in [0.1, 0.15) is 5.82 Å². The summed E-state index contributed by atoms with van der Waals surface area (Å²) in [6.45, 7) is 4.24. The SMILES string of the molecule is COCc1c(C(=O)N2CCN(Cc3cccs3)CC2)sc2cccc(F)c12. The molecule has 1 aliphatic rings. The highest BCUT2D eigenvalue weighted by Gasteiger charge is 2.27. The van der Waals surface area contributed by atoms with Gasteiger partial charge in [0.05, 0.1) is 11.5 Å². The molecule has 0 N–H and O–H groups in total. The largest absolute Gasteiger partial charge is 0.380 e. The van der Waals surface area contributed by atoms with Crippen molar-refractivity contribution in [2.75, 3.05) is 33.3 Å². The fourth-order valence-corrected chi connectivity index (χ4v) is 5.43. The Kier molecular flexibility index (Phi) is 5.54. The summed E-state index contributed by atoms with van der Waals surface area (Å²) in [5.74, 6) is -0.311. The minimum Gasteiger partial charge on any atom is -0.380 e. The van der Waals surface area contributed by atoms with E-state index >= 15 is 0 Å². The lowest BCUT2D eigenvalue weighted by molar-refractivity contribution is 0.0630. The zero-order valence-corrected chi connectivity index (χ0v) is 16.7. The Hall–Kier alpha value is -1.80. The molecule has 0 bridgehead atoms. The predicted octanol–water partition coefficient (Wildman–Crippen LogP) is 4.21. The topological polar surface area (TPSA) is 32.8 Å². The number of thiophene rings is 2. The van der Waals surface area contributed by atoms with E-state index in [1.807, 2.05) is 11.0 Å². The fraction of sp³-hybridized carbons (Fsp3) is 0.350. The molecule has 0 aliphatic carbocycles. The Morgan fingerprint density at radius 2 is 2.00 bits per heavy atom. The maximum Gasteiger partial charge on any atom is 0.264 e. The molecule has 3 heterocycles. The molecule has 4 rings (SSSR count). The Morgan fingerprint density at radius 3 is 2.70 bits per heavy atom. The molecule has 1 aliphatic heterocycles. The van der Waals surface area contributed by atoms with Gasteiger partial charge >= 0.3 is 0 Å². The van der Waals surface area contributed by atoms with Gasteiger partial charge in [0, 0.05) is 60.4 Å². The van der Waals surface area contributed by atoms with Gasteiger partial charge in [-0.05, 0) is 23.6 Å². The predicted molar refractivity (Wildman–Crippen MR) is 108 cm³/mol. The van der Waals surface area contributed by atoms with E-state index in [1.165, 1.54) is 22.3 Å². The van der Waals surface area contributed by atoms with Crippen LogP contribution in [0.25, 0.3) is 10.1 Å². The minimum atomic E-state index is -0.296. The highest BCUT2D eigenvalue weighted by molar-refractivity contribution is 7.21. The Bertz CT molecular complexity index is 931. The van der Waals surface area contributed by atoms with Gasteiger partial charge in [-0.25, -0.2) is 4.39 Å². The number of piperazine rings is 1. The number of benzene rings is 1. The first-order valence-corrected chi connectivity index (χ1v) is 10.6. The van der Waals surface area contributed by atoms with E-state index < -0.39 is 0 Å². The quantitative estimate of drug-likeness (QED) is 0.639. The lowest BCUT2D eigenvalue weighted by Gasteiger charge is -2.34. The summed E-state index contributed by atoms with van der Waals surface area (Å²) in [4.78, 5) is 19.3. The summed E-state index contributed by atoms with van der Waals surface area (Å²) in [6, 6.07) is 9.19. The third kappa shape index (κ3) is 3.78. The number of fused-ring (bicyclic) bond motifs is 1. The van der Waals surface area contributed by atoms with Gasteiger partial charge in [-0.1, -0.05) is 12.1 Å². The van der Waals surface area contributed by atoms with E-state index in [0.29, 0.717) is 28.9 Å². The number of halogens is 1. The van der Waals surface area contributed by atoms with Gasteiger partial charge in [0.15, 0.2) is 0 Å². The monoisotopic (exact) mass is 404 g/mol. The van der Waals surface area contributed by atoms with E-state index in [9.17, 15) is 9.18 Å². The van der Waals surface area contributed by atoms with Crippen molar-refractivity contribution in [3.63, 3.8) is 0 Å². The molecule has 0 spiro atoms. The van der Waals surface area contributed by atoms with E-state index in [2.05, 4.69) is 22.4 Å². The molecule has 4 nitrogen and oxygen atoms in total. The highest BCUT2D eigenvalue weighted by atomic mass is 32.1. The molecule has 7 heteroatoms. The average molecular weight is 405 g/mol. The molecule has 2 aromatic heterocycles. The van der Waals surface area contributed by atoms with Crippen LogP contribution in [0.4, 0.5) is 4.39 Å². The average Bonchev–Trinajstić information content (AvgIpc) is 3.31. The van der Waals surface area contributed by atoms with Crippen LogP contribution in [0.5, 0.6) is 0 Å². The summed E-state index contributed by atoms with van der Waals surface area (Å²) in [7, 11) is 1.57. The second-order valence-corrected chi connectivity index (χ2v) is 8.69. The van der Waals surface area contributed by atoms with Crippen molar-refractivity contribution in [1.82, 2.24) is 9.80 Å². The van der Waals surface area contributed by atoms with Crippen LogP contribution in [-0.2, 0) is 17.9 Å². The van der Waals surface area contributed by atoms with Crippen molar-refractivity contribution in [1.29, 1.82) is 0 Å². The molecule has 0 saturated carbocycles. The summed E-state index contributed by atoms with van der Waals surface area (Å²) in [6.07, 6.45) is 0. The van der Waals surface area contributed by atoms with Crippen molar-refractivity contribution in [2.45, 2.75) is 13.2 Å². The summed E-state index contributed by atoms with van der Waals surface area (Å²) in [5.41, 5.74) is 0.668. The number of methoxy groups -OCH3 is 1. The van der Waals surface area contributed by atoms with E-state index in [1.54, 1.807) is 24.5 Å². The van der Waals surface area contributed by atoms with Crippen molar-refractivity contribution in [3.8, 4) is 0 Å². The molecule has 1 amide bonds. The van der Waals surface area contributed by atoms with Crippen LogP contribution in [0.3, 0.4) is 0 Å². The molecular weight excluding hydrogens is 383 g/mol.